The average Bonchev–Trinajstić information content (AvgIpc) is 2.44. The lowest BCUT2D eigenvalue weighted by molar-refractivity contribution is -0.150. The van der Waals surface area contributed by atoms with Gasteiger partial charge in [-0.05, 0) is 40.7 Å². The fraction of sp³-hybridized carbons (Fsp3) is 0.368. The van der Waals surface area contributed by atoms with Crippen molar-refractivity contribution in [3.63, 3.8) is 0 Å². The third kappa shape index (κ3) is 3.87. The van der Waals surface area contributed by atoms with E-state index < -0.39 is 29.1 Å². The molecule has 25 heavy (non-hydrogen) atoms. The number of rotatable bonds is 2. The summed E-state index contributed by atoms with van der Waals surface area (Å²) in [6, 6.07) is 5.12. The molecule has 0 bridgehead atoms. The van der Waals surface area contributed by atoms with Gasteiger partial charge in [0.2, 0.25) is 0 Å². The standard InChI is InChI=1S/C19H20F2N2O2/c1-10-14(9-22)17(13-7-6-12(20)8-15(13)21)16(11(2)23-10)18(24)25-19(3,4)5/h6-8,17,23H,1-5H3. The number of nitriles is 1. The number of nitrogens with one attached hydrogen (secondary N) is 1. The molecule has 4 nitrogen and oxygen atoms in total. The van der Waals surface area contributed by atoms with Crippen LogP contribution in [0.25, 0.3) is 0 Å². The van der Waals surface area contributed by atoms with Crippen molar-refractivity contribution in [2.45, 2.75) is 46.1 Å². The molecule has 0 saturated heterocycles. The van der Waals surface area contributed by atoms with E-state index in [9.17, 15) is 18.8 Å². The summed E-state index contributed by atoms with van der Waals surface area (Å²) < 4.78 is 33.1. The second-order valence-electron chi connectivity index (χ2n) is 6.91. The molecule has 0 amide bonds. The van der Waals surface area contributed by atoms with Crippen molar-refractivity contribution < 1.29 is 18.3 Å². The largest absolute Gasteiger partial charge is 0.457 e. The predicted octanol–water partition coefficient (Wildman–Crippen LogP) is 4.06. The summed E-state index contributed by atoms with van der Waals surface area (Å²) in [4.78, 5) is 12.7. The fourth-order valence-corrected chi connectivity index (χ4v) is 2.79. The van der Waals surface area contributed by atoms with Gasteiger partial charge in [-0.25, -0.2) is 13.6 Å². The van der Waals surface area contributed by atoms with E-state index in [0.717, 1.165) is 12.1 Å². The minimum Gasteiger partial charge on any atom is -0.457 e. The lowest BCUT2D eigenvalue weighted by atomic mass is 9.80. The zero-order valence-corrected chi connectivity index (χ0v) is 14.8. The van der Waals surface area contributed by atoms with Crippen molar-refractivity contribution in [3.05, 3.63) is 57.9 Å². The number of dihydropyridines is 1. The minimum atomic E-state index is -0.957. The molecule has 0 aliphatic carbocycles. The average molecular weight is 346 g/mol. The van der Waals surface area contributed by atoms with Gasteiger partial charge in [-0.1, -0.05) is 6.07 Å². The van der Waals surface area contributed by atoms with E-state index in [1.54, 1.807) is 34.6 Å². The minimum absolute atomic E-state index is 0.0546. The van der Waals surface area contributed by atoms with Crippen LogP contribution in [-0.2, 0) is 9.53 Å². The van der Waals surface area contributed by atoms with Crippen LogP contribution in [0.1, 0.15) is 46.1 Å². The van der Waals surface area contributed by atoms with Crippen LogP contribution in [0.5, 0.6) is 0 Å². The van der Waals surface area contributed by atoms with Gasteiger partial charge in [-0.15, -0.1) is 0 Å². The monoisotopic (exact) mass is 346 g/mol. The lowest BCUT2D eigenvalue weighted by Crippen LogP contribution is -2.32. The molecule has 1 aromatic carbocycles. The van der Waals surface area contributed by atoms with Crippen LogP contribution < -0.4 is 5.32 Å². The van der Waals surface area contributed by atoms with Gasteiger partial charge in [0.05, 0.1) is 23.1 Å². The number of carbonyl (C=O) groups excluding carboxylic acids is 1. The van der Waals surface area contributed by atoms with Gasteiger partial charge in [-0.3, -0.25) is 0 Å². The second-order valence-corrected chi connectivity index (χ2v) is 6.91. The number of benzene rings is 1. The quantitative estimate of drug-likeness (QED) is 0.820. The normalized spacial score (nSPS) is 17.9. The maximum Gasteiger partial charge on any atom is 0.337 e. The van der Waals surface area contributed by atoms with Crippen LogP contribution in [0.2, 0.25) is 0 Å². The molecule has 6 heteroatoms. The Kier molecular flexibility index (Phi) is 4.98. The second kappa shape index (κ2) is 6.67. The van der Waals surface area contributed by atoms with E-state index in [0.29, 0.717) is 11.4 Å². The third-order valence-electron chi connectivity index (χ3n) is 3.77. The number of allylic oxidation sites excluding steroid dienone is 3. The van der Waals surface area contributed by atoms with E-state index in [1.165, 1.54) is 6.07 Å². The predicted molar refractivity (Wildman–Crippen MR) is 89.1 cm³/mol. The Labute approximate surface area is 145 Å². The molecule has 0 aromatic heterocycles. The zero-order chi connectivity index (χ0) is 18.9. The van der Waals surface area contributed by atoms with Gasteiger partial charge in [-0.2, -0.15) is 5.26 Å². The molecular weight excluding hydrogens is 326 g/mol. The first-order chi connectivity index (χ1) is 11.5. The Morgan fingerprint density at radius 3 is 2.40 bits per heavy atom. The highest BCUT2D eigenvalue weighted by molar-refractivity contribution is 5.93. The maximum absolute atomic E-state index is 14.4. The topological polar surface area (TPSA) is 62.1 Å². The molecule has 1 N–H and O–H groups in total. The van der Waals surface area contributed by atoms with Crippen molar-refractivity contribution >= 4 is 5.97 Å². The number of hydrogen-bond donors (Lipinski definition) is 1. The van der Waals surface area contributed by atoms with Gasteiger partial charge < -0.3 is 10.1 Å². The van der Waals surface area contributed by atoms with Crippen molar-refractivity contribution in [3.8, 4) is 6.07 Å². The van der Waals surface area contributed by atoms with Crippen LogP contribution >= 0.6 is 0 Å². The molecule has 1 unspecified atom stereocenters. The smallest absolute Gasteiger partial charge is 0.337 e. The number of ether oxygens (including phenoxy) is 1. The van der Waals surface area contributed by atoms with Crippen molar-refractivity contribution in [2.24, 2.45) is 0 Å². The number of esters is 1. The summed E-state index contributed by atoms with van der Waals surface area (Å²) in [6.45, 7) is 8.48. The lowest BCUT2D eigenvalue weighted by Gasteiger charge is -2.30. The van der Waals surface area contributed by atoms with E-state index in [4.69, 9.17) is 4.74 Å². The third-order valence-corrected chi connectivity index (χ3v) is 3.77. The first-order valence-corrected chi connectivity index (χ1v) is 7.82. The van der Waals surface area contributed by atoms with Crippen LogP contribution in [0.15, 0.2) is 40.7 Å². The van der Waals surface area contributed by atoms with Crippen LogP contribution in [0.4, 0.5) is 8.78 Å². The molecule has 0 radical (unpaired) electrons. The summed E-state index contributed by atoms with van der Waals surface area (Å²) in [5.74, 6) is -3.15. The van der Waals surface area contributed by atoms with Gasteiger partial charge in [0.1, 0.15) is 17.2 Å². The Bertz CT molecular complexity index is 827. The highest BCUT2D eigenvalue weighted by atomic mass is 19.1. The maximum atomic E-state index is 14.4. The first-order valence-electron chi connectivity index (χ1n) is 7.82. The molecule has 0 fully saturated rings. The molecule has 1 heterocycles. The molecule has 1 atom stereocenters. The molecule has 0 saturated carbocycles. The first kappa shape index (κ1) is 18.7. The zero-order valence-electron chi connectivity index (χ0n) is 14.8. The molecular formula is C19H20F2N2O2. The fourth-order valence-electron chi connectivity index (χ4n) is 2.79. The summed E-state index contributed by atoms with van der Waals surface area (Å²) in [5, 5.41) is 12.5. The van der Waals surface area contributed by atoms with Gasteiger partial charge >= 0.3 is 5.97 Å². The molecule has 1 aliphatic rings. The van der Waals surface area contributed by atoms with Crippen molar-refractivity contribution in [1.29, 1.82) is 5.26 Å². The van der Waals surface area contributed by atoms with Gasteiger partial charge in [0.15, 0.2) is 0 Å². The van der Waals surface area contributed by atoms with E-state index in [2.05, 4.69) is 5.32 Å². The summed E-state index contributed by atoms with van der Waals surface area (Å²) in [6.07, 6.45) is 0. The van der Waals surface area contributed by atoms with E-state index in [1.807, 2.05) is 6.07 Å². The van der Waals surface area contributed by atoms with E-state index in [-0.39, 0.29) is 16.7 Å². The van der Waals surface area contributed by atoms with Gasteiger partial charge in [0.25, 0.3) is 0 Å². The van der Waals surface area contributed by atoms with Crippen molar-refractivity contribution in [2.75, 3.05) is 0 Å². The van der Waals surface area contributed by atoms with Crippen molar-refractivity contribution in [1.82, 2.24) is 5.32 Å². The molecule has 132 valence electrons. The number of hydrogen-bond acceptors (Lipinski definition) is 4. The number of halogens is 2. The molecule has 0 spiro atoms. The Balaban J connectivity index is 2.64. The highest BCUT2D eigenvalue weighted by Gasteiger charge is 2.37. The highest BCUT2D eigenvalue weighted by Crippen LogP contribution is 2.39. The van der Waals surface area contributed by atoms with Crippen LogP contribution in [0, 0.1) is 23.0 Å². The SMILES string of the molecule is CC1=C(C#N)C(c2ccc(F)cc2F)C(C(=O)OC(C)(C)C)=C(C)N1. The Morgan fingerprint density at radius 1 is 1.24 bits per heavy atom. The Morgan fingerprint density at radius 2 is 1.88 bits per heavy atom. The summed E-state index contributed by atoms with van der Waals surface area (Å²) in [7, 11) is 0. The van der Waals surface area contributed by atoms with Crippen LogP contribution in [-0.4, -0.2) is 11.6 Å². The molecule has 1 aromatic rings. The number of nitrogens with zero attached hydrogens (tertiary/aromatic N) is 1. The van der Waals surface area contributed by atoms with Crippen LogP contribution in [0.3, 0.4) is 0 Å². The van der Waals surface area contributed by atoms with E-state index >= 15 is 0 Å². The molecule has 2 rings (SSSR count). The van der Waals surface area contributed by atoms with Gasteiger partial charge in [0, 0.05) is 23.0 Å². The Hall–Kier alpha value is -2.68. The summed E-state index contributed by atoms with van der Waals surface area (Å²) in [5.41, 5.74) is 0.623. The number of carbonyl (C=O) groups is 1. The molecule has 1 aliphatic heterocycles. The summed E-state index contributed by atoms with van der Waals surface area (Å²) >= 11 is 0.